The van der Waals surface area contributed by atoms with E-state index in [-0.39, 0.29) is 34.9 Å². The van der Waals surface area contributed by atoms with Gasteiger partial charge in [0.15, 0.2) is 0 Å². The molecule has 9 nitrogen and oxygen atoms in total. The number of hydrogen-bond acceptors (Lipinski definition) is 5. The molecule has 0 saturated carbocycles. The van der Waals surface area contributed by atoms with Gasteiger partial charge in [0.1, 0.15) is 6.54 Å². The third kappa shape index (κ3) is 4.04. The Morgan fingerprint density at radius 1 is 1.21 bits per heavy atom. The van der Waals surface area contributed by atoms with E-state index < -0.39 is 22.1 Å². The van der Waals surface area contributed by atoms with Crippen molar-refractivity contribution >= 4 is 34.1 Å². The Labute approximate surface area is 169 Å². The van der Waals surface area contributed by atoms with Crippen LogP contribution >= 0.6 is 11.6 Å². The van der Waals surface area contributed by atoms with Crippen molar-refractivity contribution in [1.82, 2.24) is 14.5 Å². The summed E-state index contributed by atoms with van der Waals surface area (Å²) in [7, 11) is 0. The van der Waals surface area contributed by atoms with Crippen LogP contribution in [-0.4, -0.2) is 26.0 Å². The zero-order valence-corrected chi connectivity index (χ0v) is 16.3. The van der Waals surface area contributed by atoms with Gasteiger partial charge >= 0.3 is 5.69 Å². The fourth-order valence-electron chi connectivity index (χ4n) is 2.98. The molecule has 0 unspecified atom stereocenters. The molecular formula is C19H17ClN4O5. The number of rotatable bonds is 5. The average Bonchev–Trinajstić information content (AvgIpc) is 2.64. The highest BCUT2D eigenvalue weighted by atomic mass is 35.5. The Morgan fingerprint density at radius 2 is 1.93 bits per heavy atom. The molecule has 0 aliphatic heterocycles. The number of nitrogens with zero attached hydrogens (tertiary/aromatic N) is 3. The van der Waals surface area contributed by atoms with Gasteiger partial charge in [0.25, 0.3) is 11.2 Å². The number of nitro groups is 1. The van der Waals surface area contributed by atoms with Gasteiger partial charge < -0.3 is 5.32 Å². The van der Waals surface area contributed by atoms with Gasteiger partial charge in [-0.1, -0.05) is 17.7 Å². The number of aromatic nitrogens is 2. The number of nitro benzene ring substituents is 1. The fourth-order valence-corrected chi connectivity index (χ4v) is 3.14. The molecule has 1 amide bonds. The Kier molecular flexibility index (Phi) is 5.51. The summed E-state index contributed by atoms with van der Waals surface area (Å²) >= 11 is 6.03. The highest BCUT2D eigenvalue weighted by Crippen LogP contribution is 2.18. The molecule has 1 heterocycles. The van der Waals surface area contributed by atoms with Crippen molar-refractivity contribution in [3.05, 3.63) is 78.4 Å². The number of fused-ring (bicyclic) bond motifs is 1. The molecular weight excluding hydrogens is 400 g/mol. The van der Waals surface area contributed by atoms with Crippen LogP contribution in [0.4, 0.5) is 5.69 Å². The third-order valence-corrected chi connectivity index (χ3v) is 4.39. The standard InChI is InChI=1S/C19H17ClN4O5/c1-11(2)21-17(25)10-22-16-8-12(20)6-7-15(16)18(26)23(19(22)27)13-4-3-5-14(9-13)24(28)29/h3-9,11H,10H2,1-2H3,(H,21,25). The molecule has 10 heteroatoms. The summed E-state index contributed by atoms with van der Waals surface area (Å²) in [5.41, 5.74) is -1.50. The second-order valence-corrected chi connectivity index (χ2v) is 7.11. The lowest BCUT2D eigenvalue weighted by molar-refractivity contribution is -0.384. The molecule has 0 saturated heterocycles. The predicted octanol–water partition coefficient (Wildman–Crippen LogP) is 2.24. The lowest BCUT2D eigenvalue weighted by Crippen LogP contribution is -2.42. The number of halogens is 1. The van der Waals surface area contributed by atoms with Crippen LogP contribution in [0.5, 0.6) is 0 Å². The first-order valence-electron chi connectivity index (χ1n) is 8.68. The van der Waals surface area contributed by atoms with Gasteiger partial charge in [-0.2, -0.15) is 0 Å². The van der Waals surface area contributed by atoms with Crippen molar-refractivity contribution in [2.24, 2.45) is 0 Å². The minimum atomic E-state index is -0.802. The Balaban J connectivity index is 2.32. The second kappa shape index (κ2) is 7.88. The van der Waals surface area contributed by atoms with Crippen LogP contribution < -0.4 is 16.6 Å². The van der Waals surface area contributed by atoms with Gasteiger partial charge in [-0.15, -0.1) is 0 Å². The first-order valence-corrected chi connectivity index (χ1v) is 9.06. The SMILES string of the molecule is CC(C)NC(=O)Cn1c(=O)n(-c2cccc([N+](=O)[O-])c2)c(=O)c2ccc(Cl)cc21. The minimum Gasteiger partial charge on any atom is -0.352 e. The van der Waals surface area contributed by atoms with Crippen molar-refractivity contribution in [3.8, 4) is 5.69 Å². The Bertz CT molecular complexity index is 1250. The molecule has 3 aromatic rings. The number of amides is 1. The monoisotopic (exact) mass is 416 g/mol. The van der Waals surface area contributed by atoms with Gasteiger partial charge in [0.05, 0.1) is 21.5 Å². The molecule has 3 rings (SSSR count). The van der Waals surface area contributed by atoms with E-state index >= 15 is 0 Å². The van der Waals surface area contributed by atoms with E-state index in [0.29, 0.717) is 5.02 Å². The zero-order valence-electron chi connectivity index (χ0n) is 15.6. The summed E-state index contributed by atoms with van der Waals surface area (Å²) in [6.07, 6.45) is 0. The number of hydrogen-bond donors (Lipinski definition) is 1. The van der Waals surface area contributed by atoms with Crippen molar-refractivity contribution in [2.45, 2.75) is 26.4 Å². The minimum absolute atomic E-state index is 0.0315. The van der Waals surface area contributed by atoms with Gasteiger partial charge in [-0.3, -0.25) is 24.3 Å². The van der Waals surface area contributed by atoms with E-state index in [1.165, 1.54) is 36.4 Å². The van der Waals surface area contributed by atoms with Crippen molar-refractivity contribution < 1.29 is 9.72 Å². The Hall–Kier alpha value is -3.46. The summed E-state index contributed by atoms with van der Waals surface area (Å²) < 4.78 is 1.94. The molecule has 1 aromatic heterocycles. The number of carbonyl (C=O) groups is 1. The maximum atomic E-state index is 13.2. The normalized spacial score (nSPS) is 11.0. The average molecular weight is 417 g/mol. The highest BCUT2D eigenvalue weighted by Gasteiger charge is 2.18. The maximum Gasteiger partial charge on any atom is 0.336 e. The molecule has 29 heavy (non-hydrogen) atoms. The fraction of sp³-hybridized carbons (Fsp3) is 0.211. The molecule has 0 fully saturated rings. The lowest BCUT2D eigenvalue weighted by Gasteiger charge is -2.15. The first-order chi connectivity index (χ1) is 13.7. The molecule has 0 radical (unpaired) electrons. The molecule has 0 bridgehead atoms. The summed E-state index contributed by atoms with van der Waals surface area (Å²) in [5.74, 6) is -0.424. The Morgan fingerprint density at radius 3 is 2.59 bits per heavy atom. The van der Waals surface area contributed by atoms with Crippen molar-refractivity contribution in [3.63, 3.8) is 0 Å². The smallest absolute Gasteiger partial charge is 0.336 e. The largest absolute Gasteiger partial charge is 0.352 e. The van der Waals surface area contributed by atoms with E-state index in [1.54, 1.807) is 13.8 Å². The number of nitrogens with one attached hydrogen (secondary N) is 1. The topological polar surface area (TPSA) is 116 Å². The maximum absolute atomic E-state index is 13.2. The third-order valence-electron chi connectivity index (χ3n) is 4.16. The van der Waals surface area contributed by atoms with E-state index in [4.69, 9.17) is 11.6 Å². The van der Waals surface area contributed by atoms with E-state index in [1.807, 2.05) is 0 Å². The van der Waals surface area contributed by atoms with Crippen LogP contribution in [0.2, 0.25) is 5.02 Å². The van der Waals surface area contributed by atoms with Gasteiger partial charge in [0.2, 0.25) is 5.91 Å². The molecule has 0 spiro atoms. The molecule has 150 valence electrons. The highest BCUT2D eigenvalue weighted by molar-refractivity contribution is 6.31. The molecule has 2 aromatic carbocycles. The van der Waals surface area contributed by atoms with Gasteiger partial charge in [0, 0.05) is 23.2 Å². The second-order valence-electron chi connectivity index (χ2n) is 6.67. The van der Waals surface area contributed by atoms with E-state index in [0.717, 1.165) is 15.2 Å². The van der Waals surface area contributed by atoms with Crippen molar-refractivity contribution in [1.29, 1.82) is 0 Å². The van der Waals surface area contributed by atoms with Crippen LogP contribution in [0.25, 0.3) is 16.6 Å². The van der Waals surface area contributed by atoms with E-state index in [9.17, 15) is 24.5 Å². The van der Waals surface area contributed by atoms with Crippen LogP contribution in [0.1, 0.15) is 13.8 Å². The van der Waals surface area contributed by atoms with E-state index in [2.05, 4.69) is 5.32 Å². The predicted molar refractivity (Wildman–Crippen MR) is 109 cm³/mol. The van der Waals surface area contributed by atoms with Crippen LogP contribution in [0.3, 0.4) is 0 Å². The number of carbonyl (C=O) groups excluding carboxylic acids is 1. The summed E-state index contributed by atoms with van der Waals surface area (Å²) in [6, 6.07) is 9.40. The molecule has 0 atom stereocenters. The first kappa shape index (κ1) is 20.3. The van der Waals surface area contributed by atoms with Crippen molar-refractivity contribution in [2.75, 3.05) is 0 Å². The summed E-state index contributed by atoms with van der Waals surface area (Å²) in [5, 5.41) is 14.2. The van der Waals surface area contributed by atoms with Crippen LogP contribution in [0, 0.1) is 10.1 Å². The zero-order chi connectivity index (χ0) is 21.3. The van der Waals surface area contributed by atoms with Crippen LogP contribution in [-0.2, 0) is 11.3 Å². The van der Waals surface area contributed by atoms with Gasteiger partial charge in [-0.25, -0.2) is 9.36 Å². The van der Waals surface area contributed by atoms with Gasteiger partial charge in [-0.05, 0) is 38.1 Å². The quantitative estimate of drug-likeness (QED) is 0.505. The summed E-state index contributed by atoms with van der Waals surface area (Å²) in [4.78, 5) is 48.9. The molecule has 0 aliphatic carbocycles. The van der Waals surface area contributed by atoms with Crippen LogP contribution in [0.15, 0.2) is 52.1 Å². The lowest BCUT2D eigenvalue weighted by atomic mass is 10.2. The molecule has 0 aliphatic rings. The summed E-state index contributed by atoms with van der Waals surface area (Å²) in [6.45, 7) is 3.21. The number of benzene rings is 2. The molecule has 1 N–H and O–H groups in total. The number of non-ortho nitro benzene ring substituents is 1.